The van der Waals surface area contributed by atoms with Gasteiger partial charge in [0, 0.05) is 24.9 Å². The number of aromatic amines is 1. The number of rotatable bonds is 5. The van der Waals surface area contributed by atoms with Crippen LogP contribution < -0.4 is 5.32 Å². The number of halogens is 2. The summed E-state index contributed by atoms with van der Waals surface area (Å²) in [5, 5.41) is 3.89. The second-order valence-electron chi connectivity index (χ2n) is 7.07. The molecule has 4 rings (SSSR count). The van der Waals surface area contributed by atoms with E-state index in [-0.39, 0.29) is 18.1 Å². The predicted octanol–water partition coefficient (Wildman–Crippen LogP) is 2.56. The molecule has 3 heterocycles. The number of hydrogen-bond acceptors (Lipinski definition) is 4. The Kier molecular flexibility index (Phi) is 5.96. The van der Waals surface area contributed by atoms with Crippen molar-refractivity contribution in [3.05, 3.63) is 64.8 Å². The number of fused-ring (bicyclic) bond motifs is 1. The summed E-state index contributed by atoms with van der Waals surface area (Å²) in [6, 6.07) is 8.40. The number of benzene rings is 1. The van der Waals surface area contributed by atoms with E-state index in [2.05, 4.69) is 15.3 Å². The Bertz CT molecular complexity index is 1060. The van der Waals surface area contributed by atoms with Gasteiger partial charge in [0.1, 0.15) is 22.7 Å². The molecule has 1 fully saturated rings. The Labute approximate surface area is 177 Å². The number of H-pyrrole nitrogens is 1. The van der Waals surface area contributed by atoms with E-state index in [1.807, 2.05) is 0 Å². The van der Waals surface area contributed by atoms with Crippen LogP contribution in [0, 0.1) is 5.82 Å². The number of nitrogens with one attached hydrogen (secondary N) is 2. The van der Waals surface area contributed by atoms with Gasteiger partial charge in [-0.1, -0.05) is 23.7 Å². The summed E-state index contributed by atoms with van der Waals surface area (Å²) in [4.78, 5) is 34.6. The number of hydrogen-bond donors (Lipinski definition) is 2. The van der Waals surface area contributed by atoms with Gasteiger partial charge in [0.15, 0.2) is 0 Å². The molecule has 1 atom stereocenters. The maximum Gasteiger partial charge on any atom is 0.268 e. The van der Waals surface area contributed by atoms with E-state index < -0.39 is 11.9 Å². The normalized spacial score (nSPS) is 15.2. The van der Waals surface area contributed by atoms with Crippen LogP contribution in [0.4, 0.5) is 4.39 Å². The molecule has 30 heavy (non-hydrogen) atoms. The van der Waals surface area contributed by atoms with Crippen LogP contribution in [0.2, 0.25) is 5.15 Å². The molecule has 0 radical (unpaired) electrons. The van der Waals surface area contributed by atoms with E-state index in [9.17, 15) is 14.0 Å². The zero-order valence-electron chi connectivity index (χ0n) is 16.0. The first kappa shape index (κ1) is 20.3. The van der Waals surface area contributed by atoms with Crippen molar-refractivity contribution in [2.24, 2.45) is 0 Å². The van der Waals surface area contributed by atoms with Crippen LogP contribution in [0.15, 0.2) is 42.6 Å². The largest absolute Gasteiger partial charge is 0.378 e. The molecular formula is C21H20ClFN4O3. The summed E-state index contributed by atoms with van der Waals surface area (Å²) >= 11 is 5.91. The monoisotopic (exact) mass is 430 g/mol. The van der Waals surface area contributed by atoms with Crippen molar-refractivity contribution in [2.75, 3.05) is 26.3 Å². The van der Waals surface area contributed by atoms with Gasteiger partial charge in [-0.2, -0.15) is 0 Å². The van der Waals surface area contributed by atoms with Gasteiger partial charge in [0.2, 0.25) is 5.91 Å². The van der Waals surface area contributed by atoms with E-state index in [0.717, 1.165) is 10.9 Å². The molecule has 1 saturated heterocycles. The van der Waals surface area contributed by atoms with Gasteiger partial charge in [-0.25, -0.2) is 9.37 Å². The number of carbonyl (C=O) groups is 2. The van der Waals surface area contributed by atoms with Gasteiger partial charge in [-0.15, -0.1) is 0 Å². The van der Waals surface area contributed by atoms with Gasteiger partial charge in [0.25, 0.3) is 5.91 Å². The van der Waals surface area contributed by atoms with Crippen LogP contribution in [0.3, 0.4) is 0 Å². The van der Waals surface area contributed by atoms with Crippen molar-refractivity contribution < 1.29 is 18.7 Å². The van der Waals surface area contributed by atoms with E-state index >= 15 is 0 Å². The van der Waals surface area contributed by atoms with Crippen LogP contribution in [0.1, 0.15) is 16.1 Å². The molecule has 2 aromatic heterocycles. The van der Waals surface area contributed by atoms with E-state index in [1.165, 1.54) is 12.1 Å². The van der Waals surface area contributed by atoms with Crippen molar-refractivity contribution in [3.8, 4) is 0 Å². The topological polar surface area (TPSA) is 87.3 Å². The lowest BCUT2D eigenvalue weighted by atomic mass is 10.0. The van der Waals surface area contributed by atoms with Crippen molar-refractivity contribution >= 4 is 34.3 Å². The first-order chi connectivity index (χ1) is 14.5. The lowest BCUT2D eigenvalue weighted by Crippen LogP contribution is -2.52. The van der Waals surface area contributed by atoms with Gasteiger partial charge in [0.05, 0.1) is 24.9 Å². The molecule has 3 aromatic rings. The van der Waals surface area contributed by atoms with Crippen LogP contribution in [0.25, 0.3) is 10.9 Å². The molecule has 0 aliphatic carbocycles. The summed E-state index contributed by atoms with van der Waals surface area (Å²) in [6.45, 7) is 1.84. The first-order valence-corrected chi connectivity index (χ1v) is 9.93. The number of morpholine rings is 1. The van der Waals surface area contributed by atoms with E-state index in [1.54, 1.807) is 35.4 Å². The molecule has 9 heteroatoms. The fourth-order valence-corrected chi connectivity index (χ4v) is 3.59. The van der Waals surface area contributed by atoms with Gasteiger partial charge in [-0.05, 0) is 29.8 Å². The van der Waals surface area contributed by atoms with Gasteiger partial charge < -0.3 is 19.9 Å². The van der Waals surface area contributed by atoms with E-state index in [4.69, 9.17) is 16.3 Å². The quantitative estimate of drug-likeness (QED) is 0.609. The number of ether oxygens (including phenoxy) is 1. The van der Waals surface area contributed by atoms with Crippen molar-refractivity contribution in [1.82, 2.24) is 20.2 Å². The minimum atomic E-state index is -0.797. The van der Waals surface area contributed by atoms with E-state index in [0.29, 0.717) is 42.7 Å². The third-order valence-electron chi connectivity index (χ3n) is 5.00. The second-order valence-corrected chi connectivity index (χ2v) is 7.46. The minimum Gasteiger partial charge on any atom is -0.378 e. The average molecular weight is 431 g/mol. The lowest BCUT2D eigenvalue weighted by Gasteiger charge is -2.30. The Morgan fingerprint density at radius 3 is 2.70 bits per heavy atom. The van der Waals surface area contributed by atoms with Gasteiger partial charge in [-0.3, -0.25) is 9.59 Å². The maximum atomic E-state index is 13.3. The zero-order valence-corrected chi connectivity index (χ0v) is 16.8. The molecule has 7 nitrogen and oxygen atoms in total. The highest BCUT2D eigenvalue weighted by atomic mass is 35.5. The Balaban J connectivity index is 1.56. The van der Waals surface area contributed by atoms with Crippen LogP contribution in [0.5, 0.6) is 0 Å². The summed E-state index contributed by atoms with van der Waals surface area (Å²) < 4.78 is 18.6. The fraction of sp³-hybridized carbons (Fsp3) is 0.286. The summed E-state index contributed by atoms with van der Waals surface area (Å²) in [5.41, 5.74) is 1.71. The molecule has 1 aliphatic rings. The molecule has 1 aromatic carbocycles. The molecular weight excluding hydrogens is 411 g/mol. The highest BCUT2D eigenvalue weighted by molar-refractivity contribution is 6.30. The molecule has 0 spiro atoms. The summed E-state index contributed by atoms with van der Waals surface area (Å²) in [6.07, 6.45) is 1.79. The fourth-order valence-electron chi connectivity index (χ4n) is 3.42. The molecule has 2 amide bonds. The molecule has 0 unspecified atom stereocenters. The number of nitrogens with zero attached hydrogens (tertiary/aromatic N) is 2. The standard InChI is InChI=1S/C21H20ClFN4O3/c22-19-11-14-10-16(25-18(14)12-24-19)20(28)26-17(9-13-1-3-15(23)4-2-13)21(29)27-5-7-30-8-6-27/h1-4,10-12,17,25H,5-9H2,(H,26,28)/t17-/m0/s1. The second kappa shape index (κ2) is 8.81. The summed E-state index contributed by atoms with van der Waals surface area (Å²) in [7, 11) is 0. The number of amides is 2. The zero-order chi connectivity index (χ0) is 21.1. The Morgan fingerprint density at radius 2 is 1.97 bits per heavy atom. The smallest absolute Gasteiger partial charge is 0.268 e. The number of carbonyl (C=O) groups excluding carboxylic acids is 2. The highest BCUT2D eigenvalue weighted by Crippen LogP contribution is 2.18. The maximum absolute atomic E-state index is 13.3. The minimum absolute atomic E-state index is 0.197. The third-order valence-corrected chi connectivity index (χ3v) is 5.20. The van der Waals surface area contributed by atoms with Crippen LogP contribution in [-0.4, -0.2) is 59.0 Å². The van der Waals surface area contributed by atoms with Crippen molar-refractivity contribution in [2.45, 2.75) is 12.5 Å². The Hall–Kier alpha value is -2.97. The molecule has 1 aliphatic heterocycles. The van der Waals surface area contributed by atoms with Crippen LogP contribution in [-0.2, 0) is 16.0 Å². The summed E-state index contributed by atoms with van der Waals surface area (Å²) in [5.74, 6) is -0.975. The number of pyridine rings is 1. The predicted molar refractivity (Wildman–Crippen MR) is 110 cm³/mol. The number of aromatic nitrogens is 2. The van der Waals surface area contributed by atoms with Crippen molar-refractivity contribution in [3.63, 3.8) is 0 Å². The molecule has 2 N–H and O–H groups in total. The molecule has 156 valence electrons. The van der Waals surface area contributed by atoms with Gasteiger partial charge >= 0.3 is 0 Å². The third kappa shape index (κ3) is 4.60. The molecule has 0 bridgehead atoms. The molecule has 0 saturated carbocycles. The highest BCUT2D eigenvalue weighted by Gasteiger charge is 2.28. The first-order valence-electron chi connectivity index (χ1n) is 9.56. The SMILES string of the molecule is O=C(N[C@@H](Cc1ccc(F)cc1)C(=O)N1CCOCC1)c1cc2cc(Cl)ncc2[nH]1. The van der Waals surface area contributed by atoms with Crippen LogP contribution >= 0.6 is 11.6 Å². The van der Waals surface area contributed by atoms with Crippen molar-refractivity contribution in [1.29, 1.82) is 0 Å². The lowest BCUT2D eigenvalue weighted by molar-refractivity contribution is -0.137. The average Bonchev–Trinajstić information content (AvgIpc) is 3.18. The Morgan fingerprint density at radius 1 is 1.23 bits per heavy atom.